The molecule has 27 heavy (non-hydrogen) atoms. The summed E-state index contributed by atoms with van der Waals surface area (Å²) in [4.78, 5) is 4.85. The molecule has 0 spiro atoms. The molecule has 130 valence electrons. The van der Waals surface area contributed by atoms with Gasteiger partial charge in [-0.2, -0.15) is 0 Å². The van der Waals surface area contributed by atoms with E-state index >= 15 is 0 Å². The van der Waals surface area contributed by atoms with Crippen LogP contribution in [0.1, 0.15) is 22.3 Å². The van der Waals surface area contributed by atoms with Gasteiger partial charge in [-0.25, -0.2) is 0 Å². The van der Waals surface area contributed by atoms with Crippen molar-refractivity contribution in [1.29, 1.82) is 0 Å². The van der Waals surface area contributed by atoms with Crippen molar-refractivity contribution in [1.82, 2.24) is 9.38 Å². The van der Waals surface area contributed by atoms with Crippen molar-refractivity contribution in [3.63, 3.8) is 0 Å². The van der Waals surface area contributed by atoms with Gasteiger partial charge in [-0.1, -0.05) is 29.8 Å². The Balaban J connectivity index is 2.15. The Labute approximate surface area is 157 Å². The number of rotatable bonds is 0. The fourth-order valence-electron chi connectivity index (χ4n) is 5.06. The molecule has 0 aliphatic heterocycles. The highest BCUT2D eigenvalue weighted by Gasteiger charge is 2.21. The maximum absolute atomic E-state index is 4.85. The van der Waals surface area contributed by atoms with E-state index in [2.05, 4.69) is 74.6 Å². The molecular weight excluding hydrogens is 328 g/mol. The molecule has 0 saturated carbocycles. The van der Waals surface area contributed by atoms with E-state index in [9.17, 15) is 0 Å². The molecule has 0 amide bonds. The number of hydrogen-bond acceptors (Lipinski definition) is 1. The molecule has 0 aliphatic rings. The summed E-state index contributed by atoms with van der Waals surface area (Å²) in [6.45, 7) is 8.80. The summed E-state index contributed by atoms with van der Waals surface area (Å²) in [7, 11) is 0. The number of nitrogens with zero attached hydrogens (tertiary/aromatic N) is 2. The lowest BCUT2D eigenvalue weighted by atomic mass is 9.97. The van der Waals surface area contributed by atoms with Gasteiger partial charge in [0.15, 0.2) is 0 Å². The van der Waals surface area contributed by atoms with Crippen molar-refractivity contribution in [3.05, 3.63) is 70.9 Å². The van der Waals surface area contributed by atoms with Gasteiger partial charge in [0.2, 0.25) is 0 Å². The summed E-state index contributed by atoms with van der Waals surface area (Å²) in [5, 5.41) is 6.49. The van der Waals surface area contributed by atoms with E-state index in [4.69, 9.17) is 4.98 Å². The standard InChI is InChI=1S/C25H20N2/c1-13-5-6-18-20(11-13)27-24-16(4)9-14(2)10-19(24)23-22-17(7-8-26-23)12-15(3)21(18)25(22)27/h5-12H,1-4H3. The van der Waals surface area contributed by atoms with Crippen molar-refractivity contribution >= 4 is 49.0 Å². The Hall–Kier alpha value is -3.13. The van der Waals surface area contributed by atoms with E-state index in [1.807, 2.05) is 6.20 Å². The predicted molar refractivity (Wildman–Crippen MR) is 115 cm³/mol. The SMILES string of the molecule is Cc1cc(C)c2c(c1)c1nccc3cc(C)c4c5ccc(C)cc5n2c4c31. The molecule has 0 unspecified atom stereocenters. The molecule has 0 N–H and O–H groups in total. The zero-order chi connectivity index (χ0) is 18.4. The first kappa shape index (κ1) is 15.0. The van der Waals surface area contributed by atoms with Gasteiger partial charge in [0.1, 0.15) is 0 Å². The van der Waals surface area contributed by atoms with Gasteiger partial charge in [-0.3, -0.25) is 4.98 Å². The minimum Gasteiger partial charge on any atom is -0.308 e. The van der Waals surface area contributed by atoms with E-state index in [0.29, 0.717) is 0 Å². The van der Waals surface area contributed by atoms with Crippen molar-refractivity contribution in [2.75, 3.05) is 0 Å². The maximum Gasteiger partial charge on any atom is 0.0822 e. The van der Waals surface area contributed by atoms with Gasteiger partial charge in [-0.05, 0) is 68.0 Å². The van der Waals surface area contributed by atoms with E-state index in [1.165, 1.54) is 65.7 Å². The fourth-order valence-corrected chi connectivity index (χ4v) is 5.06. The Morgan fingerprint density at radius 3 is 2.41 bits per heavy atom. The van der Waals surface area contributed by atoms with Crippen molar-refractivity contribution < 1.29 is 0 Å². The highest BCUT2D eigenvalue weighted by molar-refractivity contribution is 6.28. The van der Waals surface area contributed by atoms with E-state index in [-0.39, 0.29) is 0 Å². The predicted octanol–water partition coefficient (Wildman–Crippen LogP) is 6.62. The average Bonchev–Trinajstić information content (AvgIpc) is 2.96. The minimum absolute atomic E-state index is 1.12. The summed E-state index contributed by atoms with van der Waals surface area (Å²) in [6, 6.07) is 15.9. The zero-order valence-corrected chi connectivity index (χ0v) is 16.0. The molecule has 0 fully saturated rings. The van der Waals surface area contributed by atoms with Crippen LogP contribution in [0.5, 0.6) is 0 Å². The smallest absolute Gasteiger partial charge is 0.0822 e. The summed E-state index contributed by atoms with van der Waals surface area (Å²) < 4.78 is 2.49. The summed E-state index contributed by atoms with van der Waals surface area (Å²) in [5.41, 5.74) is 10.2. The molecule has 2 nitrogen and oxygen atoms in total. The number of hydrogen-bond donors (Lipinski definition) is 0. The minimum atomic E-state index is 1.12. The lowest BCUT2D eigenvalue weighted by Crippen LogP contribution is -1.97. The second-order valence-corrected chi connectivity index (χ2v) is 8.01. The highest BCUT2D eigenvalue weighted by atomic mass is 14.9. The van der Waals surface area contributed by atoms with Crippen LogP contribution in [0, 0.1) is 27.7 Å². The van der Waals surface area contributed by atoms with Crippen LogP contribution in [0.15, 0.2) is 48.7 Å². The molecule has 0 saturated heterocycles. The lowest BCUT2D eigenvalue weighted by molar-refractivity contribution is 1.29. The second kappa shape index (κ2) is 4.77. The van der Waals surface area contributed by atoms with Crippen molar-refractivity contribution in [2.45, 2.75) is 27.7 Å². The molecule has 0 atom stereocenters. The van der Waals surface area contributed by atoms with Crippen LogP contribution in [0.4, 0.5) is 0 Å². The van der Waals surface area contributed by atoms with Gasteiger partial charge >= 0.3 is 0 Å². The lowest BCUT2D eigenvalue weighted by Gasteiger charge is -2.15. The number of pyridine rings is 2. The quantitative estimate of drug-likeness (QED) is 0.223. The average molecular weight is 348 g/mol. The van der Waals surface area contributed by atoms with E-state index in [1.54, 1.807) is 0 Å². The van der Waals surface area contributed by atoms with Crippen molar-refractivity contribution in [2.24, 2.45) is 0 Å². The van der Waals surface area contributed by atoms with Crippen LogP contribution in [-0.4, -0.2) is 9.38 Å². The summed E-state index contributed by atoms with van der Waals surface area (Å²) in [5.74, 6) is 0. The Morgan fingerprint density at radius 2 is 1.56 bits per heavy atom. The Bertz CT molecular complexity index is 1550. The van der Waals surface area contributed by atoms with Crippen molar-refractivity contribution in [3.8, 4) is 0 Å². The topological polar surface area (TPSA) is 17.3 Å². The second-order valence-electron chi connectivity index (χ2n) is 8.01. The molecular formula is C25H20N2. The third kappa shape index (κ3) is 1.73. The Morgan fingerprint density at radius 1 is 0.704 bits per heavy atom. The van der Waals surface area contributed by atoms with Crippen LogP contribution in [-0.2, 0) is 0 Å². The van der Waals surface area contributed by atoms with Crippen LogP contribution in [0.3, 0.4) is 0 Å². The summed E-state index contributed by atoms with van der Waals surface area (Å²) in [6.07, 6.45) is 1.95. The van der Waals surface area contributed by atoms with Crippen LogP contribution in [0.2, 0.25) is 0 Å². The van der Waals surface area contributed by atoms with Gasteiger partial charge in [0.25, 0.3) is 0 Å². The fraction of sp³-hybridized carbons (Fsp3) is 0.160. The van der Waals surface area contributed by atoms with Gasteiger partial charge < -0.3 is 4.40 Å². The first-order chi connectivity index (χ1) is 13.0. The molecule has 6 aromatic rings. The molecule has 3 aromatic heterocycles. The number of aromatic nitrogens is 2. The van der Waals surface area contributed by atoms with Gasteiger partial charge in [0, 0.05) is 27.7 Å². The zero-order valence-electron chi connectivity index (χ0n) is 16.0. The molecule has 0 radical (unpaired) electrons. The van der Waals surface area contributed by atoms with E-state index < -0.39 is 0 Å². The molecule has 3 aromatic carbocycles. The first-order valence-corrected chi connectivity index (χ1v) is 9.49. The molecule has 0 bridgehead atoms. The Kier molecular flexibility index (Phi) is 2.65. The third-order valence-corrected chi connectivity index (χ3v) is 6.03. The third-order valence-electron chi connectivity index (χ3n) is 6.03. The number of fused-ring (bicyclic) bond motifs is 6. The van der Waals surface area contributed by atoms with E-state index in [0.717, 1.165) is 5.52 Å². The maximum atomic E-state index is 4.85. The normalized spacial score (nSPS) is 12.4. The molecule has 6 rings (SSSR count). The van der Waals surface area contributed by atoms with Gasteiger partial charge in [-0.15, -0.1) is 0 Å². The molecule has 2 heteroatoms. The monoisotopic (exact) mass is 348 g/mol. The number of aryl methyl sites for hydroxylation is 4. The highest BCUT2D eigenvalue weighted by Crippen LogP contribution is 2.42. The van der Waals surface area contributed by atoms with Gasteiger partial charge in [0.05, 0.1) is 22.1 Å². The van der Waals surface area contributed by atoms with Crippen LogP contribution in [0.25, 0.3) is 49.0 Å². The first-order valence-electron chi connectivity index (χ1n) is 9.49. The number of benzene rings is 3. The van der Waals surface area contributed by atoms with Crippen LogP contribution >= 0.6 is 0 Å². The molecule has 0 aliphatic carbocycles. The van der Waals surface area contributed by atoms with Crippen LogP contribution < -0.4 is 0 Å². The molecule has 3 heterocycles. The largest absolute Gasteiger partial charge is 0.308 e. The summed E-state index contributed by atoms with van der Waals surface area (Å²) >= 11 is 0.